The second kappa shape index (κ2) is 5.62. The van der Waals surface area contributed by atoms with Crippen molar-refractivity contribution in [3.63, 3.8) is 0 Å². The van der Waals surface area contributed by atoms with E-state index in [4.69, 9.17) is 23.2 Å². The van der Waals surface area contributed by atoms with Gasteiger partial charge in [0.2, 0.25) is 0 Å². The monoisotopic (exact) mass is 323 g/mol. The number of nitrogens with zero attached hydrogens (tertiary/aromatic N) is 3. The van der Waals surface area contributed by atoms with E-state index in [-0.39, 0.29) is 5.69 Å². The van der Waals surface area contributed by atoms with Crippen molar-refractivity contribution >= 4 is 34.4 Å². The normalized spacial score (nSPS) is 11.2. The van der Waals surface area contributed by atoms with Crippen molar-refractivity contribution in [3.05, 3.63) is 52.7 Å². The van der Waals surface area contributed by atoms with Gasteiger partial charge in [-0.25, -0.2) is 14.4 Å². The van der Waals surface area contributed by atoms with Gasteiger partial charge < -0.3 is 0 Å². The number of halogens is 3. The lowest BCUT2D eigenvalue weighted by Gasteiger charge is -2.11. The molecule has 0 amide bonds. The molecule has 0 saturated carbocycles. The molecule has 2 aromatic heterocycles. The lowest BCUT2D eigenvalue weighted by Crippen LogP contribution is -2.06. The van der Waals surface area contributed by atoms with Crippen LogP contribution in [0.25, 0.3) is 16.9 Å². The van der Waals surface area contributed by atoms with Crippen molar-refractivity contribution in [2.24, 2.45) is 0 Å². The van der Waals surface area contributed by atoms with Crippen LogP contribution in [0.5, 0.6) is 0 Å². The first-order valence-corrected chi connectivity index (χ1v) is 7.37. The molecule has 0 aliphatic heterocycles. The minimum absolute atomic E-state index is 0.262. The Hall–Kier alpha value is -1.65. The Labute approximate surface area is 131 Å². The fraction of sp³-hybridized carbons (Fsp3) is 0.200. The Morgan fingerprint density at radius 3 is 2.86 bits per heavy atom. The van der Waals surface area contributed by atoms with Gasteiger partial charge in [-0.15, -0.1) is 11.6 Å². The standard InChI is InChI=1S/C15H12Cl2FN3/c1-9-7-12-15(19-8-9)21(13(20-12)5-6-16)14-10(17)3-2-4-11(14)18/h2-4,7-8H,5-6H2,1H3. The third-order valence-electron chi connectivity index (χ3n) is 3.18. The van der Waals surface area contributed by atoms with E-state index in [1.54, 1.807) is 22.9 Å². The minimum Gasteiger partial charge on any atom is -0.276 e. The van der Waals surface area contributed by atoms with Gasteiger partial charge in [0.15, 0.2) is 5.65 Å². The van der Waals surface area contributed by atoms with Crippen LogP contribution >= 0.6 is 23.2 Å². The van der Waals surface area contributed by atoms with Crippen LogP contribution in [0.4, 0.5) is 4.39 Å². The summed E-state index contributed by atoms with van der Waals surface area (Å²) in [6, 6.07) is 6.49. The molecule has 0 atom stereocenters. The van der Waals surface area contributed by atoms with Gasteiger partial charge in [0.1, 0.15) is 22.8 Å². The summed E-state index contributed by atoms with van der Waals surface area (Å²) in [5.41, 5.74) is 2.53. The van der Waals surface area contributed by atoms with Crippen molar-refractivity contribution in [1.82, 2.24) is 14.5 Å². The van der Waals surface area contributed by atoms with Crippen LogP contribution in [0, 0.1) is 12.7 Å². The predicted octanol–water partition coefficient (Wildman–Crippen LogP) is 4.30. The van der Waals surface area contributed by atoms with Crippen molar-refractivity contribution in [2.45, 2.75) is 13.3 Å². The number of aromatic nitrogens is 3. The van der Waals surface area contributed by atoms with Gasteiger partial charge in [-0.05, 0) is 30.7 Å². The molecule has 0 spiro atoms. The Kier molecular flexibility index (Phi) is 3.83. The maximum absolute atomic E-state index is 14.2. The molecule has 3 aromatic rings. The van der Waals surface area contributed by atoms with Gasteiger partial charge in [0, 0.05) is 18.5 Å². The zero-order valence-electron chi connectivity index (χ0n) is 11.3. The number of para-hydroxylation sites is 1. The number of imidazole rings is 1. The summed E-state index contributed by atoms with van der Waals surface area (Å²) in [6.45, 7) is 1.93. The number of aryl methyl sites for hydroxylation is 2. The topological polar surface area (TPSA) is 30.7 Å². The third-order valence-corrected chi connectivity index (χ3v) is 3.68. The van der Waals surface area contributed by atoms with Gasteiger partial charge in [-0.3, -0.25) is 4.57 Å². The molecular weight excluding hydrogens is 312 g/mol. The summed E-state index contributed by atoms with van der Waals surface area (Å²) in [5, 5.41) is 0.312. The van der Waals surface area contributed by atoms with Crippen molar-refractivity contribution in [1.29, 1.82) is 0 Å². The Balaban J connectivity index is 2.36. The molecule has 0 aliphatic carbocycles. The van der Waals surface area contributed by atoms with Crippen LogP contribution in [-0.2, 0) is 6.42 Å². The number of fused-ring (bicyclic) bond motifs is 1. The van der Waals surface area contributed by atoms with E-state index in [1.807, 2.05) is 13.0 Å². The fourth-order valence-corrected chi connectivity index (χ4v) is 2.72. The van der Waals surface area contributed by atoms with Gasteiger partial charge in [-0.1, -0.05) is 17.7 Å². The van der Waals surface area contributed by atoms with Crippen LogP contribution in [0.3, 0.4) is 0 Å². The van der Waals surface area contributed by atoms with Gasteiger partial charge in [-0.2, -0.15) is 0 Å². The number of pyridine rings is 1. The molecular formula is C15H12Cl2FN3. The Morgan fingerprint density at radius 1 is 1.33 bits per heavy atom. The van der Waals surface area contributed by atoms with Crippen molar-refractivity contribution < 1.29 is 4.39 Å². The molecule has 3 rings (SSSR count). The van der Waals surface area contributed by atoms with Gasteiger partial charge in [0.05, 0.1) is 5.02 Å². The average Bonchev–Trinajstić information content (AvgIpc) is 2.77. The maximum atomic E-state index is 14.2. The summed E-state index contributed by atoms with van der Waals surface area (Å²) < 4.78 is 15.9. The van der Waals surface area contributed by atoms with Gasteiger partial charge in [0.25, 0.3) is 0 Å². The molecule has 2 heterocycles. The molecule has 0 unspecified atom stereocenters. The third kappa shape index (κ3) is 2.49. The van der Waals surface area contributed by atoms with Crippen molar-refractivity contribution in [3.8, 4) is 5.69 Å². The van der Waals surface area contributed by atoms with Crippen LogP contribution in [0.15, 0.2) is 30.5 Å². The van der Waals surface area contributed by atoms with Crippen LogP contribution < -0.4 is 0 Å². The maximum Gasteiger partial charge on any atom is 0.164 e. The zero-order chi connectivity index (χ0) is 15.0. The molecule has 1 aromatic carbocycles. The van der Waals surface area contributed by atoms with E-state index >= 15 is 0 Å². The second-order valence-corrected chi connectivity index (χ2v) is 5.51. The predicted molar refractivity (Wildman–Crippen MR) is 83.0 cm³/mol. The number of hydrogen-bond acceptors (Lipinski definition) is 2. The number of benzene rings is 1. The molecule has 0 bridgehead atoms. The quantitative estimate of drug-likeness (QED) is 0.673. The highest BCUT2D eigenvalue weighted by Crippen LogP contribution is 2.28. The number of hydrogen-bond donors (Lipinski definition) is 0. The summed E-state index contributed by atoms with van der Waals surface area (Å²) in [6.07, 6.45) is 2.22. The molecule has 21 heavy (non-hydrogen) atoms. The average molecular weight is 324 g/mol. The first kappa shape index (κ1) is 14.3. The van der Waals surface area contributed by atoms with Gasteiger partial charge >= 0.3 is 0 Å². The molecule has 0 radical (unpaired) electrons. The molecule has 0 aliphatic rings. The SMILES string of the molecule is Cc1cnc2c(c1)nc(CCCl)n2-c1c(F)cccc1Cl. The van der Waals surface area contributed by atoms with Crippen LogP contribution in [-0.4, -0.2) is 20.4 Å². The van der Waals surface area contributed by atoms with Crippen LogP contribution in [0.2, 0.25) is 5.02 Å². The summed E-state index contributed by atoms with van der Waals surface area (Å²) >= 11 is 12.0. The number of alkyl halides is 1. The smallest absolute Gasteiger partial charge is 0.164 e. The molecule has 108 valence electrons. The first-order valence-electron chi connectivity index (χ1n) is 6.46. The highest BCUT2D eigenvalue weighted by Gasteiger charge is 2.18. The fourth-order valence-electron chi connectivity index (χ4n) is 2.30. The van der Waals surface area contributed by atoms with E-state index < -0.39 is 5.82 Å². The van der Waals surface area contributed by atoms with E-state index in [0.717, 1.165) is 5.56 Å². The van der Waals surface area contributed by atoms with E-state index in [0.29, 0.717) is 34.3 Å². The largest absolute Gasteiger partial charge is 0.276 e. The highest BCUT2D eigenvalue weighted by molar-refractivity contribution is 6.32. The molecule has 0 saturated heterocycles. The molecule has 0 fully saturated rings. The lowest BCUT2D eigenvalue weighted by molar-refractivity contribution is 0.616. The molecule has 3 nitrogen and oxygen atoms in total. The second-order valence-electron chi connectivity index (χ2n) is 4.73. The minimum atomic E-state index is -0.417. The van der Waals surface area contributed by atoms with Crippen LogP contribution in [0.1, 0.15) is 11.4 Å². The van der Waals surface area contributed by atoms with E-state index in [9.17, 15) is 4.39 Å². The highest BCUT2D eigenvalue weighted by atomic mass is 35.5. The number of rotatable bonds is 3. The Morgan fingerprint density at radius 2 is 2.14 bits per heavy atom. The lowest BCUT2D eigenvalue weighted by atomic mass is 10.2. The Bertz CT molecular complexity index is 794. The molecule has 0 N–H and O–H groups in total. The zero-order valence-corrected chi connectivity index (χ0v) is 12.8. The first-order chi connectivity index (χ1) is 10.1. The summed E-state index contributed by atoms with van der Waals surface area (Å²) in [7, 11) is 0. The molecule has 6 heteroatoms. The van der Waals surface area contributed by atoms with E-state index in [1.165, 1.54) is 6.07 Å². The summed E-state index contributed by atoms with van der Waals surface area (Å²) in [5.74, 6) is 0.610. The summed E-state index contributed by atoms with van der Waals surface area (Å²) in [4.78, 5) is 8.89. The van der Waals surface area contributed by atoms with E-state index in [2.05, 4.69) is 9.97 Å². The van der Waals surface area contributed by atoms with Crippen molar-refractivity contribution in [2.75, 3.05) is 5.88 Å².